The van der Waals surface area contributed by atoms with Gasteiger partial charge in [0.15, 0.2) is 0 Å². The molecule has 0 saturated carbocycles. The lowest BCUT2D eigenvalue weighted by atomic mass is 10.0. The number of carbonyl (C=O) groups excluding carboxylic acids is 1. The summed E-state index contributed by atoms with van der Waals surface area (Å²) in [6.45, 7) is 2.61. The summed E-state index contributed by atoms with van der Waals surface area (Å²) in [5, 5.41) is 14.4. The molecule has 31 heavy (non-hydrogen) atoms. The van der Waals surface area contributed by atoms with Crippen LogP contribution in [0.5, 0.6) is 0 Å². The maximum atomic E-state index is 12.4. The topological polar surface area (TPSA) is 113 Å². The summed E-state index contributed by atoms with van der Waals surface area (Å²) in [7, 11) is 0. The molecule has 0 bridgehead atoms. The van der Waals surface area contributed by atoms with E-state index in [1.54, 1.807) is 22.8 Å². The van der Waals surface area contributed by atoms with Crippen LogP contribution in [0, 0.1) is 10.1 Å². The number of likely N-dealkylation sites (tertiary alicyclic amines) is 1. The van der Waals surface area contributed by atoms with Crippen molar-refractivity contribution in [2.45, 2.75) is 18.9 Å². The van der Waals surface area contributed by atoms with Crippen molar-refractivity contribution in [3.8, 4) is 0 Å². The lowest BCUT2D eigenvalue weighted by molar-refractivity contribution is -0.385. The molecule has 1 amide bonds. The van der Waals surface area contributed by atoms with Gasteiger partial charge >= 0.3 is 5.69 Å². The Balaban J connectivity index is 1.32. The van der Waals surface area contributed by atoms with Crippen molar-refractivity contribution in [3.63, 3.8) is 0 Å². The van der Waals surface area contributed by atoms with Gasteiger partial charge in [-0.05, 0) is 37.1 Å². The van der Waals surface area contributed by atoms with Gasteiger partial charge in [0.2, 0.25) is 0 Å². The highest BCUT2D eigenvalue weighted by molar-refractivity contribution is 6.31. The number of halogens is 1. The molecule has 4 rings (SSSR count). The number of para-hydroxylation sites is 1. The van der Waals surface area contributed by atoms with Gasteiger partial charge in [0.05, 0.1) is 16.0 Å². The van der Waals surface area contributed by atoms with E-state index in [1.165, 1.54) is 18.2 Å². The molecule has 0 aliphatic carbocycles. The highest BCUT2D eigenvalue weighted by atomic mass is 35.5. The number of fused-ring (bicyclic) bond motifs is 1. The summed E-state index contributed by atoms with van der Waals surface area (Å²) in [5.74, 6) is -0.453. The molecule has 1 aliphatic rings. The number of hydrogen-bond donors (Lipinski definition) is 2. The number of hydrogen-bond acceptors (Lipinski definition) is 5. The third-order valence-corrected chi connectivity index (χ3v) is 5.89. The van der Waals surface area contributed by atoms with E-state index in [0.29, 0.717) is 18.1 Å². The van der Waals surface area contributed by atoms with Gasteiger partial charge in [-0.1, -0.05) is 23.7 Å². The molecule has 2 heterocycles. The maximum Gasteiger partial charge on any atom is 0.326 e. The minimum atomic E-state index is -0.555. The Morgan fingerprint density at radius 3 is 2.71 bits per heavy atom. The summed E-state index contributed by atoms with van der Waals surface area (Å²) in [5.41, 5.74) is 1.31. The zero-order valence-electron chi connectivity index (χ0n) is 16.7. The van der Waals surface area contributed by atoms with Crippen LogP contribution in [0.4, 0.5) is 5.69 Å². The third kappa shape index (κ3) is 4.47. The number of carbonyl (C=O) groups is 1. The zero-order chi connectivity index (χ0) is 22.0. The van der Waals surface area contributed by atoms with Crippen LogP contribution in [-0.2, 0) is 0 Å². The molecule has 1 aliphatic heterocycles. The lowest BCUT2D eigenvalue weighted by Crippen LogP contribution is -2.41. The zero-order valence-corrected chi connectivity index (χ0v) is 17.5. The number of rotatable bonds is 6. The summed E-state index contributed by atoms with van der Waals surface area (Å²) in [4.78, 5) is 40.4. The predicted molar refractivity (Wildman–Crippen MR) is 118 cm³/mol. The molecule has 162 valence electrons. The summed E-state index contributed by atoms with van der Waals surface area (Å²) in [6, 6.07) is 11.4. The van der Waals surface area contributed by atoms with Gasteiger partial charge in [-0.3, -0.25) is 19.5 Å². The fourth-order valence-corrected chi connectivity index (χ4v) is 4.29. The fraction of sp³-hybridized carbons (Fsp3) is 0.333. The second-order valence-electron chi connectivity index (χ2n) is 7.56. The van der Waals surface area contributed by atoms with Crippen molar-refractivity contribution in [1.82, 2.24) is 19.8 Å². The van der Waals surface area contributed by atoms with Crippen molar-refractivity contribution < 1.29 is 9.72 Å². The van der Waals surface area contributed by atoms with Gasteiger partial charge in [-0.25, -0.2) is 4.79 Å². The Bertz CT molecular complexity index is 1180. The first-order valence-electron chi connectivity index (χ1n) is 10.1. The number of nitro benzene ring substituents is 1. The monoisotopic (exact) mass is 443 g/mol. The van der Waals surface area contributed by atoms with Crippen LogP contribution in [0.1, 0.15) is 29.2 Å². The first kappa shape index (κ1) is 21.1. The predicted octanol–water partition coefficient (Wildman–Crippen LogP) is 2.96. The fourth-order valence-electron chi connectivity index (χ4n) is 4.11. The highest BCUT2D eigenvalue weighted by Crippen LogP contribution is 2.26. The minimum Gasteiger partial charge on any atom is -0.351 e. The normalized spacial score (nSPS) is 15.3. The number of aromatic amines is 1. The van der Waals surface area contributed by atoms with Crippen LogP contribution >= 0.6 is 11.6 Å². The highest BCUT2D eigenvalue weighted by Gasteiger charge is 2.24. The van der Waals surface area contributed by atoms with Crippen LogP contribution in [0.25, 0.3) is 11.0 Å². The molecule has 0 atom stereocenters. The Hall–Kier alpha value is -3.17. The number of benzene rings is 2. The molecule has 0 radical (unpaired) electrons. The van der Waals surface area contributed by atoms with Crippen molar-refractivity contribution in [2.75, 3.05) is 26.2 Å². The van der Waals surface area contributed by atoms with Crippen LogP contribution in [0.15, 0.2) is 47.3 Å². The summed E-state index contributed by atoms with van der Waals surface area (Å²) in [6.07, 6.45) is 1.63. The molecule has 9 nitrogen and oxygen atoms in total. The van der Waals surface area contributed by atoms with Crippen molar-refractivity contribution >= 4 is 34.2 Å². The standard InChI is InChI=1S/C21H22ClN5O4/c22-14-5-6-19-17(13-14)24-21(29)26(19)15-7-10-25(11-8-15)12-9-23-20(28)16-3-1-2-4-18(16)27(30)31/h1-6,13,15H,7-12H2,(H,23,28)(H,24,29). The number of aromatic nitrogens is 2. The number of nitrogens with one attached hydrogen (secondary N) is 2. The van der Waals surface area contributed by atoms with Gasteiger partial charge in [-0.15, -0.1) is 0 Å². The molecule has 3 aromatic rings. The molecule has 1 fully saturated rings. The summed E-state index contributed by atoms with van der Waals surface area (Å²) >= 11 is 6.02. The first-order chi connectivity index (χ1) is 14.9. The maximum absolute atomic E-state index is 12.4. The van der Waals surface area contributed by atoms with E-state index in [9.17, 15) is 19.7 Å². The van der Waals surface area contributed by atoms with Gasteiger partial charge in [0, 0.05) is 43.3 Å². The SMILES string of the molecule is O=C(NCCN1CCC(n2c(=O)[nH]c3cc(Cl)ccc32)CC1)c1ccccc1[N+](=O)[O-]. The second kappa shape index (κ2) is 8.91. The number of imidazole rings is 1. The van der Waals surface area contributed by atoms with Crippen LogP contribution in [0.3, 0.4) is 0 Å². The molecule has 0 unspecified atom stereocenters. The first-order valence-corrected chi connectivity index (χ1v) is 10.5. The minimum absolute atomic E-state index is 0.0602. The molecule has 2 N–H and O–H groups in total. The summed E-state index contributed by atoms with van der Waals surface area (Å²) < 4.78 is 1.80. The van der Waals surface area contributed by atoms with Gasteiger partial charge in [-0.2, -0.15) is 0 Å². The van der Waals surface area contributed by atoms with Crippen LogP contribution in [0.2, 0.25) is 5.02 Å². The Kier molecular flexibility index (Phi) is 6.06. The number of amides is 1. The second-order valence-corrected chi connectivity index (χ2v) is 8.00. The van der Waals surface area contributed by atoms with Gasteiger partial charge in [0.1, 0.15) is 5.56 Å². The molecular formula is C21H22ClN5O4. The number of piperidine rings is 1. The van der Waals surface area contributed by atoms with Gasteiger partial charge < -0.3 is 15.2 Å². The van der Waals surface area contributed by atoms with Crippen molar-refractivity contribution in [1.29, 1.82) is 0 Å². The number of nitrogens with zero attached hydrogens (tertiary/aromatic N) is 3. The molecule has 10 heteroatoms. The van der Waals surface area contributed by atoms with Crippen LogP contribution < -0.4 is 11.0 Å². The lowest BCUT2D eigenvalue weighted by Gasteiger charge is -2.32. The van der Waals surface area contributed by atoms with E-state index < -0.39 is 10.8 Å². The Labute approximate surface area is 182 Å². The average molecular weight is 444 g/mol. The van der Waals surface area contributed by atoms with Crippen molar-refractivity contribution in [3.05, 3.63) is 73.6 Å². The van der Waals surface area contributed by atoms with Crippen molar-refractivity contribution in [2.24, 2.45) is 0 Å². The van der Waals surface area contributed by atoms with E-state index in [1.807, 2.05) is 6.07 Å². The van der Waals surface area contributed by atoms with E-state index in [0.717, 1.165) is 37.0 Å². The molecule has 1 aromatic heterocycles. The molecule has 0 spiro atoms. The number of H-pyrrole nitrogens is 1. The largest absolute Gasteiger partial charge is 0.351 e. The van der Waals surface area contributed by atoms with E-state index in [4.69, 9.17) is 11.6 Å². The molecule has 2 aromatic carbocycles. The van der Waals surface area contributed by atoms with E-state index >= 15 is 0 Å². The van der Waals surface area contributed by atoms with Gasteiger partial charge in [0.25, 0.3) is 11.6 Å². The Morgan fingerprint density at radius 1 is 1.23 bits per heavy atom. The smallest absolute Gasteiger partial charge is 0.326 e. The van der Waals surface area contributed by atoms with E-state index in [-0.39, 0.29) is 23.0 Å². The molecule has 1 saturated heterocycles. The molecular weight excluding hydrogens is 422 g/mol. The van der Waals surface area contributed by atoms with Crippen LogP contribution in [-0.4, -0.2) is 51.5 Å². The number of nitro groups is 1. The third-order valence-electron chi connectivity index (χ3n) is 5.66. The Morgan fingerprint density at radius 2 is 1.97 bits per heavy atom. The quantitative estimate of drug-likeness (QED) is 0.449. The average Bonchev–Trinajstić information content (AvgIpc) is 3.08. The van der Waals surface area contributed by atoms with E-state index in [2.05, 4.69) is 15.2 Å².